The number of rotatable bonds is 5. The third-order valence-corrected chi connectivity index (χ3v) is 5.69. The van der Waals surface area contributed by atoms with E-state index in [4.69, 9.17) is 4.74 Å². The van der Waals surface area contributed by atoms with E-state index < -0.39 is 0 Å². The summed E-state index contributed by atoms with van der Waals surface area (Å²) in [7, 11) is 0. The SMILES string of the molecule is Cc1cccc(OCCC(=O)NNC(=O)c2cc3c(s2)CC[C@H](C)C3)c1. The topological polar surface area (TPSA) is 67.4 Å². The van der Waals surface area contributed by atoms with Crippen molar-refractivity contribution in [2.75, 3.05) is 6.61 Å². The largest absolute Gasteiger partial charge is 0.493 e. The maximum absolute atomic E-state index is 12.2. The number of aryl methyl sites for hydroxylation is 2. The molecule has 1 aromatic heterocycles. The average molecular weight is 372 g/mol. The molecule has 0 bridgehead atoms. The van der Waals surface area contributed by atoms with Crippen LogP contribution in [0.5, 0.6) is 5.75 Å². The van der Waals surface area contributed by atoms with Crippen molar-refractivity contribution in [2.45, 2.75) is 39.5 Å². The Labute approximate surface area is 157 Å². The molecule has 138 valence electrons. The highest BCUT2D eigenvalue weighted by molar-refractivity contribution is 7.14. The zero-order chi connectivity index (χ0) is 18.5. The van der Waals surface area contributed by atoms with E-state index in [2.05, 4.69) is 17.8 Å². The van der Waals surface area contributed by atoms with Crippen molar-refractivity contribution < 1.29 is 14.3 Å². The molecule has 0 saturated heterocycles. The molecule has 0 radical (unpaired) electrons. The average Bonchev–Trinajstić information content (AvgIpc) is 3.03. The molecule has 1 heterocycles. The van der Waals surface area contributed by atoms with Gasteiger partial charge in [0.1, 0.15) is 5.75 Å². The first-order valence-corrected chi connectivity index (χ1v) is 9.73. The van der Waals surface area contributed by atoms with E-state index in [9.17, 15) is 9.59 Å². The third kappa shape index (κ3) is 4.85. The van der Waals surface area contributed by atoms with Crippen molar-refractivity contribution in [1.82, 2.24) is 10.9 Å². The Kier molecular flexibility index (Phi) is 5.93. The fraction of sp³-hybridized carbons (Fsp3) is 0.400. The molecule has 1 aliphatic carbocycles. The van der Waals surface area contributed by atoms with Crippen LogP contribution in [0.25, 0.3) is 0 Å². The molecule has 1 aliphatic rings. The Hall–Kier alpha value is -2.34. The van der Waals surface area contributed by atoms with Gasteiger partial charge in [0.2, 0.25) is 5.91 Å². The molecule has 26 heavy (non-hydrogen) atoms. The minimum Gasteiger partial charge on any atom is -0.493 e. The second kappa shape index (κ2) is 8.36. The Balaban J connectivity index is 1.42. The molecule has 5 nitrogen and oxygen atoms in total. The van der Waals surface area contributed by atoms with Gasteiger partial charge in [-0.15, -0.1) is 11.3 Å². The summed E-state index contributed by atoms with van der Waals surface area (Å²) >= 11 is 1.53. The highest BCUT2D eigenvalue weighted by atomic mass is 32.1. The van der Waals surface area contributed by atoms with Crippen LogP contribution in [0.2, 0.25) is 0 Å². The highest BCUT2D eigenvalue weighted by Crippen LogP contribution is 2.32. The van der Waals surface area contributed by atoms with Crippen LogP contribution in [-0.2, 0) is 17.6 Å². The van der Waals surface area contributed by atoms with Crippen molar-refractivity contribution in [3.05, 3.63) is 51.2 Å². The molecule has 0 unspecified atom stereocenters. The summed E-state index contributed by atoms with van der Waals surface area (Å²) in [5, 5.41) is 0. The molecular weight excluding hydrogens is 348 g/mol. The van der Waals surface area contributed by atoms with Crippen LogP contribution >= 0.6 is 11.3 Å². The lowest BCUT2D eigenvalue weighted by molar-refractivity contribution is -0.122. The Bertz CT molecular complexity index is 800. The van der Waals surface area contributed by atoms with Crippen LogP contribution in [0.1, 0.15) is 45.4 Å². The predicted molar refractivity (Wildman–Crippen MR) is 102 cm³/mol. The van der Waals surface area contributed by atoms with Gasteiger partial charge in [-0.2, -0.15) is 0 Å². The van der Waals surface area contributed by atoms with Crippen molar-refractivity contribution in [3.8, 4) is 5.75 Å². The quantitative estimate of drug-likeness (QED) is 0.791. The van der Waals surface area contributed by atoms with Gasteiger partial charge in [-0.1, -0.05) is 19.1 Å². The minimum atomic E-state index is -0.277. The minimum absolute atomic E-state index is 0.173. The van der Waals surface area contributed by atoms with E-state index in [0.717, 1.165) is 24.2 Å². The number of ether oxygens (including phenoxy) is 1. The van der Waals surface area contributed by atoms with Crippen molar-refractivity contribution in [3.63, 3.8) is 0 Å². The third-order valence-electron chi connectivity index (χ3n) is 4.46. The molecule has 2 amide bonds. The summed E-state index contributed by atoms with van der Waals surface area (Å²) in [4.78, 5) is 26.1. The second-order valence-corrected chi connectivity index (χ2v) is 7.96. The molecule has 1 atom stereocenters. The van der Waals surface area contributed by atoms with Gasteiger partial charge in [-0.05, 0) is 61.4 Å². The molecule has 0 aliphatic heterocycles. The zero-order valence-corrected chi connectivity index (χ0v) is 15.9. The van der Waals surface area contributed by atoms with Gasteiger partial charge >= 0.3 is 0 Å². The summed E-state index contributed by atoms with van der Waals surface area (Å²) in [6.45, 7) is 4.48. The first-order chi connectivity index (χ1) is 12.5. The lowest BCUT2D eigenvalue weighted by Gasteiger charge is -2.16. The summed E-state index contributed by atoms with van der Waals surface area (Å²) in [6.07, 6.45) is 3.41. The predicted octanol–water partition coefficient (Wildman–Crippen LogP) is 3.41. The number of nitrogens with one attached hydrogen (secondary N) is 2. The van der Waals surface area contributed by atoms with E-state index in [1.807, 2.05) is 37.3 Å². The number of hydrazine groups is 1. The fourth-order valence-electron chi connectivity index (χ4n) is 3.03. The summed E-state index contributed by atoms with van der Waals surface area (Å²) in [6, 6.07) is 9.62. The second-order valence-electron chi connectivity index (χ2n) is 6.82. The lowest BCUT2D eigenvalue weighted by atomic mass is 9.90. The van der Waals surface area contributed by atoms with Crippen LogP contribution in [0.15, 0.2) is 30.3 Å². The van der Waals surface area contributed by atoms with E-state index in [-0.39, 0.29) is 24.8 Å². The number of hydrogen-bond acceptors (Lipinski definition) is 4. The number of amides is 2. The van der Waals surface area contributed by atoms with Crippen LogP contribution in [-0.4, -0.2) is 18.4 Å². The van der Waals surface area contributed by atoms with Crippen LogP contribution in [0.3, 0.4) is 0 Å². The smallest absolute Gasteiger partial charge is 0.279 e. The Morgan fingerprint density at radius 3 is 2.92 bits per heavy atom. The maximum atomic E-state index is 12.2. The van der Waals surface area contributed by atoms with Crippen LogP contribution < -0.4 is 15.6 Å². The van der Waals surface area contributed by atoms with Gasteiger partial charge in [0.05, 0.1) is 17.9 Å². The van der Waals surface area contributed by atoms with Crippen LogP contribution in [0, 0.1) is 12.8 Å². The Morgan fingerprint density at radius 1 is 1.27 bits per heavy atom. The molecule has 2 aromatic rings. The molecular formula is C20H24N2O3S. The first kappa shape index (κ1) is 18.5. The fourth-order valence-corrected chi connectivity index (χ4v) is 4.14. The van der Waals surface area contributed by atoms with Crippen molar-refractivity contribution in [1.29, 1.82) is 0 Å². The van der Waals surface area contributed by atoms with Gasteiger partial charge in [0, 0.05) is 4.88 Å². The zero-order valence-electron chi connectivity index (χ0n) is 15.1. The molecule has 2 N–H and O–H groups in total. The number of carbonyl (C=O) groups excluding carboxylic acids is 2. The molecule has 0 spiro atoms. The molecule has 0 saturated carbocycles. The number of thiophene rings is 1. The van der Waals surface area contributed by atoms with Gasteiger partial charge in [0.15, 0.2) is 0 Å². The molecule has 3 rings (SSSR count). The monoisotopic (exact) mass is 372 g/mol. The number of hydrogen-bond donors (Lipinski definition) is 2. The van der Waals surface area contributed by atoms with E-state index in [1.54, 1.807) is 0 Å². The van der Waals surface area contributed by atoms with Crippen molar-refractivity contribution in [2.24, 2.45) is 5.92 Å². The van der Waals surface area contributed by atoms with Gasteiger partial charge in [-0.25, -0.2) is 0 Å². The number of fused-ring (bicyclic) bond motifs is 1. The van der Waals surface area contributed by atoms with Crippen molar-refractivity contribution >= 4 is 23.2 Å². The Morgan fingerprint density at radius 2 is 2.12 bits per heavy atom. The summed E-state index contributed by atoms with van der Waals surface area (Å²) in [5.74, 6) is 0.868. The highest BCUT2D eigenvalue weighted by Gasteiger charge is 2.20. The van der Waals surface area contributed by atoms with Gasteiger partial charge < -0.3 is 4.74 Å². The molecule has 0 fully saturated rings. The first-order valence-electron chi connectivity index (χ1n) is 8.91. The van der Waals surface area contributed by atoms with E-state index in [1.165, 1.54) is 28.2 Å². The standard InChI is InChI=1S/C20H24N2O3S/c1-13-4-3-5-16(11-13)25-9-8-19(23)21-22-20(24)18-12-15-10-14(2)6-7-17(15)26-18/h3-5,11-12,14H,6-10H2,1-2H3,(H,21,23)(H,22,24)/t14-/m0/s1. The lowest BCUT2D eigenvalue weighted by Crippen LogP contribution is -2.41. The van der Waals surface area contributed by atoms with E-state index in [0.29, 0.717) is 10.8 Å². The summed E-state index contributed by atoms with van der Waals surface area (Å²) in [5.41, 5.74) is 7.33. The van der Waals surface area contributed by atoms with Gasteiger partial charge in [-0.3, -0.25) is 20.4 Å². The maximum Gasteiger partial charge on any atom is 0.279 e. The molecule has 6 heteroatoms. The number of benzene rings is 1. The van der Waals surface area contributed by atoms with Gasteiger partial charge in [0.25, 0.3) is 5.91 Å². The normalized spacial score (nSPS) is 15.8. The van der Waals surface area contributed by atoms with Crippen LogP contribution in [0.4, 0.5) is 0 Å². The number of carbonyl (C=O) groups is 2. The van der Waals surface area contributed by atoms with E-state index >= 15 is 0 Å². The molecule has 1 aromatic carbocycles. The summed E-state index contributed by atoms with van der Waals surface area (Å²) < 4.78 is 5.54.